The smallest absolute Gasteiger partial charge is 0.224 e. The van der Waals surface area contributed by atoms with Crippen molar-refractivity contribution in [2.75, 3.05) is 44.4 Å². The first-order valence-electron chi connectivity index (χ1n) is 8.44. The van der Waals surface area contributed by atoms with Gasteiger partial charge in [0.25, 0.3) is 0 Å². The Morgan fingerprint density at radius 1 is 1.18 bits per heavy atom. The van der Waals surface area contributed by atoms with Crippen LogP contribution in [0.5, 0.6) is 0 Å². The van der Waals surface area contributed by atoms with Crippen LogP contribution >= 0.6 is 0 Å². The standard InChI is InChI=1S/C17H31N5/c1-6-22(5)17(10-8-7-9-11-17)13-19-16-18-12-14(2)15(20-16)21(3)4/h12H,6-11,13H2,1-5H3,(H,18,19,20). The molecule has 0 radical (unpaired) electrons. The zero-order valence-electron chi connectivity index (χ0n) is 14.8. The van der Waals surface area contributed by atoms with E-state index < -0.39 is 0 Å². The van der Waals surface area contributed by atoms with Crippen molar-refractivity contribution in [3.05, 3.63) is 11.8 Å². The van der Waals surface area contributed by atoms with Gasteiger partial charge in [-0.05, 0) is 33.4 Å². The topological polar surface area (TPSA) is 44.3 Å². The van der Waals surface area contributed by atoms with Gasteiger partial charge in [0.15, 0.2) is 0 Å². The minimum Gasteiger partial charge on any atom is -0.362 e. The molecule has 0 atom stereocenters. The summed E-state index contributed by atoms with van der Waals surface area (Å²) < 4.78 is 0. The fraction of sp³-hybridized carbons (Fsp3) is 0.765. The van der Waals surface area contributed by atoms with E-state index >= 15 is 0 Å². The van der Waals surface area contributed by atoms with Crippen LogP contribution in [0.2, 0.25) is 0 Å². The van der Waals surface area contributed by atoms with Crippen LogP contribution in [0, 0.1) is 6.92 Å². The van der Waals surface area contributed by atoms with Crippen LogP contribution in [0.15, 0.2) is 6.20 Å². The van der Waals surface area contributed by atoms with E-state index in [4.69, 9.17) is 0 Å². The van der Waals surface area contributed by atoms with Crippen molar-refractivity contribution in [1.82, 2.24) is 14.9 Å². The van der Waals surface area contributed by atoms with Crippen LogP contribution in [0.4, 0.5) is 11.8 Å². The summed E-state index contributed by atoms with van der Waals surface area (Å²) >= 11 is 0. The molecule has 1 saturated carbocycles. The molecule has 1 fully saturated rings. The normalized spacial score (nSPS) is 17.5. The summed E-state index contributed by atoms with van der Waals surface area (Å²) in [5.74, 6) is 1.72. The highest BCUT2D eigenvalue weighted by molar-refractivity contribution is 5.47. The van der Waals surface area contributed by atoms with Crippen LogP contribution in [-0.4, -0.2) is 54.6 Å². The van der Waals surface area contributed by atoms with E-state index in [9.17, 15) is 0 Å². The zero-order chi connectivity index (χ0) is 16.2. The molecule has 1 N–H and O–H groups in total. The minimum absolute atomic E-state index is 0.250. The molecule has 1 heterocycles. The maximum absolute atomic E-state index is 4.66. The molecule has 1 aromatic rings. The Morgan fingerprint density at radius 2 is 1.86 bits per heavy atom. The molecule has 22 heavy (non-hydrogen) atoms. The molecule has 124 valence electrons. The molecule has 1 aliphatic rings. The van der Waals surface area contributed by atoms with Gasteiger partial charge in [-0.3, -0.25) is 4.90 Å². The van der Waals surface area contributed by atoms with Crippen LogP contribution < -0.4 is 10.2 Å². The Bertz CT molecular complexity index is 480. The number of hydrogen-bond donors (Lipinski definition) is 1. The molecule has 0 amide bonds. The lowest BCUT2D eigenvalue weighted by molar-refractivity contribution is 0.0921. The second-order valence-electron chi connectivity index (χ2n) is 6.75. The molecule has 5 nitrogen and oxygen atoms in total. The Hall–Kier alpha value is -1.36. The van der Waals surface area contributed by atoms with Crippen molar-refractivity contribution < 1.29 is 0 Å². The molecular formula is C17H31N5. The van der Waals surface area contributed by atoms with E-state index in [1.165, 1.54) is 32.1 Å². The highest BCUT2D eigenvalue weighted by Crippen LogP contribution is 2.33. The lowest BCUT2D eigenvalue weighted by atomic mass is 9.80. The van der Waals surface area contributed by atoms with Crippen molar-refractivity contribution in [3.8, 4) is 0 Å². The SMILES string of the molecule is CCN(C)C1(CNc2ncc(C)c(N(C)C)n2)CCCCC1. The van der Waals surface area contributed by atoms with Gasteiger partial charge in [-0.1, -0.05) is 26.2 Å². The highest BCUT2D eigenvalue weighted by atomic mass is 15.2. The number of nitrogens with one attached hydrogen (secondary N) is 1. The van der Waals surface area contributed by atoms with E-state index in [0.717, 1.165) is 30.4 Å². The first kappa shape index (κ1) is 17.0. The molecule has 0 saturated heterocycles. The number of aromatic nitrogens is 2. The second kappa shape index (κ2) is 7.27. The number of nitrogens with zero attached hydrogens (tertiary/aromatic N) is 4. The number of hydrogen-bond acceptors (Lipinski definition) is 5. The van der Waals surface area contributed by atoms with Gasteiger partial charge in [-0.15, -0.1) is 0 Å². The maximum atomic E-state index is 4.66. The van der Waals surface area contributed by atoms with E-state index in [2.05, 4.69) is 34.2 Å². The van der Waals surface area contributed by atoms with Crippen LogP contribution in [-0.2, 0) is 0 Å². The minimum atomic E-state index is 0.250. The van der Waals surface area contributed by atoms with Gasteiger partial charge in [-0.2, -0.15) is 4.98 Å². The van der Waals surface area contributed by atoms with E-state index in [-0.39, 0.29) is 5.54 Å². The van der Waals surface area contributed by atoms with Crippen LogP contribution in [0.3, 0.4) is 0 Å². The third-order valence-electron chi connectivity index (χ3n) is 5.01. The van der Waals surface area contributed by atoms with Crippen molar-refractivity contribution in [2.45, 2.75) is 51.5 Å². The van der Waals surface area contributed by atoms with Gasteiger partial charge in [0.05, 0.1) is 0 Å². The lowest BCUT2D eigenvalue weighted by Gasteiger charge is -2.44. The van der Waals surface area contributed by atoms with Crippen molar-refractivity contribution in [3.63, 3.8) is 0 Å². The average molecular weight is 305 g/mol. The van der Waals surface area contributed by atoms with Gasteiger partial charge in [-0.25, -0.2) is 4.98 Å². The first-order chi connectivity index (χ1) is 10.5. The largest absolute Gasteiger partial charge is 0.362 e. The average Bonchev–Trinajstić information content (AvgIpc) is 2.54. The summed E-state index contributed by atoms with van der Waals surface area (Å²) in [6.07, 6.45) is 8.44. The number of aryl methyl sites for hydroxylation is 1. The fourth-order valence-corrected chi connectivity index (χ4v) is 3.45. The predicted octanol–water partition coefficient (Wildman–Crippen LogP) is 2.92. The van der Waals surface area contributed by atoms with E-state index in [1.54, 1.807) is 0 Å². The van der Waals surface area contributed by atoms with Crippen molar-refractivity contribution >= 4 is 11.8 Å². The van der Waals surface area contributed by atoms with Crippen molar-refractivity contribution in [1.29, 1.82) is 0 Å². The molecular weight excluding hydrogens is 274 g/mol. The molecule has 0 unspecified atom stereocenters. The van der Waals surface area contributed by atoms with Gasteiger partial charge in [0, 0.05) is 37.9 Å². The first-order valence-corrected chi connectivity index (χ1v) is 8.44. The van der Waals surface area contributed by atoms with Gasteiger partial charge >= 0.3 is 0 Å². The summed E-state index contributed by atoms with van der Waals surface area (Å²) in [4.78, 5) is 13.7. The monoisotopic (exact) mass is 305 g/mol. The van der Waals surface area contributed by atoms with Gasteiger partial charge in [0.1, 0.15) is 5.82 Å². The molecule has 1 aromatic heterocycles. The third kappa shape index (κ3) is 3.69. The van der Waals surface area contributed by atoms with Crippen molar-refractivity contribution in [2.24, 2.45) is 0 Å². The fourth-order valence-electron chi connectivity index (χ4n) is 3.45. The number of likely N-dealkylation sites (N-methyl/N-ethyl adjacent to an activating group) is 1. The van der Waals surface area contributed by atoms with E-state index in [1.807, 2.05) is 32.1 Å². The molecule has 0 aliphatic heterocycles. The summed E-state index contributed by atoms with van der Waals surface area (Å²) in [6.45, 7) is 6.29. The van der Waals surface area contributed by atoms with Gasteiger partial charge < -0.3 is 10.2 Å². The lowest BCUT2D eigenvalue weighted by Crippen LogP contribution is -2.52. The number of rotatable bonds is 6. The molecule has 0 spiro atoms. The van der Waals surface area contributed by atoms with Gasteiger partial charge in [0.2, 0.25) is 5.95 Å². The van der Waals surface area contributed by atoms with Crippen LogP contribution in [0.25, 0.3) is 0 Å². The highest BCUT2D eigenvalue weighted by Gasteiger charge is 2.35. The third-order valence-corrected chi connectivity index (χ3v) is 5.01. The van der Waals surface area contributed by atoms with Crippen LogP contribution in [0.1, 0.15) is 44.6 Å². The quantitative estimate of drug-likeness (QED) is 0.875. The molecule has 1 aliphatic carbocycles. The maximum Gasteiger partial charge on any atom is 0.224 e. The summed E-state index contributed by atoms with van der Waals surface area (Å²) in [7, 11) is 6.29. The zero-order valence-corrected chi connectivity index (χ0v) is 14.8. The molecule has 2 rings (SSSR count). The number of anilines is 2. The molecule has 5 heteroatoms. The Morgan fingerprint density at radius 3 is 2.45 bits per heavy atom. The second-order valence-corrected chi connectivity index (χ2v) is 6.75. The summed E-state index contributed by atoms with van der Waals surface area (Å²) in [5, 5.41) is 3.50. The summed E-state index contributed by atoms with van der Waals surface area (Å²) in [6, 6.07) is 0. The Kier molecular flexibility index (Phi) is 5.62. The Labute approximate surface area is 135 Å². The Balaban J connectivity index is 2.11. The summed E-state index contributed by atoms with van der Waals surface area (Å²) in [5.41, 5.74) is 1.35. The molecule has 0 aromatic carbocycles. The van der Waals surface area contributed by atoms with E-state index in [0.29, 0.717) is 0 Å². The predicted molar refractivity (Wildman–Crippen MR) is 93.7 cm³/mol. The molecule has 0 bridgehead atoms.